The molecule has 0 aromatic heterocycles. The third-order valence-corrected chi connectivity index (χ3v) is 3.34. The average molecular weight is 319 g/mol. The Morgan fingerprint density at radius 2 is 2.24 bits per heavy atom. The molecule has 0 aliphatic rings. The first-order chi connectivity index (χ1) is 7.90. The Kier molecular flexibility index (Phi) is 5.49. The molecular formula is C12H16BrFN2S. The van der Waals surface area contributed by atoms with Crippen LogP contribution in [0.4, 0.5) is 4.39 Å². The first-order valence-electron chi connectivity index (χ1n) is 5.32. The Labute approximate surface area is 115 Å². The van der Waals surface area contributed by atoms with Gasteiger partial charge in [-0.15, -0.1) is 0 Å². The van der Waals surface area contributed by atoms with Crippen LogP contribution >= 0.6 is 28.1 Å². The third kappa shape index (κ3) is 4.69. The first kappa shape index (κ1) is 14.5. The van der Waals surface area contributed by atoms with Crippen LogP contribution in [0.15, 0.2) is 22.7 Å². The summed E-state index contributed by atoms with van der Waals surface area (Å²) in [4.78, 5) is 2.52. The van der Waals surface area contributed by atoms with E-state index in [1.807, 2.05) is 24.9 Å². The summed E-state index contributed by atoms with van der Waals surface area (Å²) in [6, 6.07) is 5.30. The van der Waals surface area contributed by atoms with Gasteiger partial charge in [-0.2, -0.15) is 0 Å². The van der Waals surface area contributed by atoms with Crippen LogP contribution in [0.25, 0.3) is 0 Å². The van der Waals surface area contributed by atoms with Gasteiger partial charge in [-0.3, -0.25) is 4.90 Å². The van der Waals surface area contributed by atoms with E-state index in [1.54, 1.807) is 6.07 Å². The molecule has 1 atom stereocenters. The normalized spacial score (nSPS) is 12.8. The van der Waals surface area contributed by atoms with Gasteiger partial charge in [0.25, 0.3) is 0 Å². The van der Waals surface area contributed by atoms with Gasteiger partial charge in [0.15, 0.2) is 0 Å². The smallest absolute Gasteiger partial charge is 0.128 e. The molecule has 1 aromatic carbocycles. The second-order valence-corrected chi connectivity index (χ2v) is 5.61. The number of hydrogen-bond donors (Lipinski definition) is 1. The van der Waals surface area contributed by atoms with Crippen molar-refractivity contribution in [3.05, 3.63) is 34.1 Å². The van der Waals surface area contributed by atoms with E-state index in [-0.39, 0.29) is 11.9 Å². The Hall–Kier alpha value is -0.520. The van der Waals surface area contributed by atoms with Gasteiger partial charge in [0, 0.05) is 29.0 Å². The summed E-state index contributed by atoms with van der Waals surface area (Å²) >= 11 is 8.11. The van der Waals surface area contributed by atoms with Crippen LogP contribution in [0, 0.1) is 5.82 Å². The summed E-state index contributed by atoms with van der Waals surface area (Å²) in [5.41, 5.74) is 6.17. The molecule has 0 bridgehead atoms. The zero-order valence-corrected chi connectivity index (χ0v) is 12.3. The lowest BCUT2D eigenvalue weighted by Gasteiger charge is -2.24. The maximum absolute atomic E-state index is 13.6. The summed E-state index contributed by atoms with van der Waals surface area (Å²) in [6.07, 6.45) is 0.643. The summed E-state index contributed by atoms with van der Waals surface area (Å²) in [6.45, 7) is 2.57. The van der Waals surface area contributed by atoms with E-state index in [2.05, 4.69) is 15.9 Å². The molecule has 2 nitrogen and oxygen atoms in total. The Balaban J connectivity index is 2.67. The van der Waals surface area contributed by atoms with E-state index in [9.17, 15) is 4.39 Å². The molecule has 0 radical (unpaired) electrons. The number of nitrogens with zero attached hydrogens (tertiary/aromatic N) is 1. The van der Waals surface area contributed by atoms with E-state index in [4.69, 9.17) is 18.0 Å². The lowest BCUT2D eigenvalue weighted by molar-refractivity contribution is 0.252. The predicted octanol–water partition coefficient (Wildman–Crippen LogP) is 3.08. The van der Waals surface area contributed by atoms with E-state index in [0.29, 0.717) is 23.5 Å². The molecule has 0 saturated heterocycles. The van der Waals surface area contributed by atoms with Gasteiger partial charge in [-0.1, -0.05) is 34.2 Å². The van der Waals surface area contributed by atoms with Crippen LogP contribution in [0.2, 0.25) is 0 Å². The maximum atomic E-state index is 13.6. The molecule has 5 heteroatoms. The minimum Gasteiger partial charge on any atom is -0.393 e. The van der Waals surface area contributed by atoms with Crippen molar-refractivity contribution in [2.45, 2.75) is 25.9 Å². The average Bonchev–Trinajstić information content (AvgIpc) is 2.21. The topological polar surface area (TPSA) is 29.3 Å². The van der Waals surface area contributed by atoms with Gasteiger partial charge in [-0.25, -0.2) is 4.39 Å². The monoisotopic (exact) mass is 318 g/mol. The van der Waals surface area contributed by atoms with Gasteiger partial charge in [0.2, 0.25) is 0 Å². The highest BCUT2D eigenvalue weighted by atomic mass is 79.9. The highest BCUT2D eigenvalue weighted by molar-refractivity contribution is 9.10. The Morgan fingerprint density at radius 1 is 1.59 bits per heavy atom. The van der Waals surface area contributed by atoms with Gasteiger partial charge in [0.05, 0.1) is 4.99 Å². The summed E-state index contributed by atoms with van der Waals surface area (Å²) in [5.74, 6) is -0.200. The highest BCUT2D eigenvalue weighted by Gasteiger charge is 2.12. The van der Waals surface area contributed by atoms with Crippen molar-refractivity contribution >= 4 is 33.1 Å². The van der Waals surface area contributed by atoms with Crippen molar-refractivity contribution in [3.63, 3.8) is 0 Å². The van der Waals surface area contributed by atoms with Crippen molar-refractivity contribution in [3.8, 4) is 0 Å². The van der Waals surface area contributed by atoms with Crippen molar-refractivity contribution < 1.29 is 4.39 Å². The molecule has 0 heterocycles. The van der Waals surface area contributed by atoms with Crippen LogP contribution in [0.3, 0.4) is 0 Å². The highest BCUT2D eigenvalue weighted by Crippen LogP contribution is 2.17. The lowest BCUT2D eigenvalue weighted by Crippen LogP contribution is -2.32. The maximum Gasteiger partial charge on any atom is 0.128 e. The fourth-order valence-corrected chi connectivity index (χ4v) is 2.10. The summed E-state index contributed by atoms with van der Waals surface area (Å²) < 4.78 is 14.4. The zero-order valence-electron chi connectivity index (χ0n) is 9.91. The van der Waals surface area contributed by atoms with Crippen LogP contribution in [0.5, 0.6) is 0 Å². The molecule has 0 aliphatic heterocycles. The Bertz CT molecular complexity index is 411. The summed E-state index contributed by atoms with van der Waals surface area (Å²) in [5, 5.41) is 0. The van der Waals surface area contributed by atoms with E-state index in [1.165, 1.54) is 6.07 Å². The molecule has 17 heavy (non-hydrogen) atoms. The quantitative estimate of drug-likeness (QED) is 0.846. The molecule has 94 valence electrons. The van der Waals surface area contributed by atoms with Crippen LogP contribution in [-0.2, 0) is 6.54 Å². The van der Waals surface area contributed by atoms with Gasteiger partial charge >= 0.3 is 0 Å². The molecule has 0 spiro atoms. The summed E-state index contributed by atoms with van der Waals surface area (Å²) in [7, 11) is 1.93. The number of benzene rings is 1. The predicted molar refractivity (Wildman–Crippen MR) is 76.4 cm³/mol. The zero-order chi connectivity index (χ0) is 13.0. The van der Waals surface area contributed by atoms with E-state index < -0.39 is 0 Å². The molecule has 2 N–H and O–H groups in total. The second kappa shape index (κ2) is 6.42. The van der Waals surface area contributed by atoms with Crippen molar-refractivity contribution in [2.75, 3.05) is 7.05 Å². The molecule has 1 aromatic rings. The largest absolute Gasteiger partial charge is 0.393 e. The fourth-order valence-electron chi connectivity index (χ4n) is 1.52. The lowest BCUT2D eigenvalue weighted by atomic mass is 10.1. The number of nitrogens with two attached hydrogens (primary N) is 1. The molecular weight excluding hydrogens is 303 g/mol. The molecule has 1 unspecified atom stereocenters. The minimum absolute atomic E-state index is 0.200. The van der Waals surface area contributed by atoms with Crippen LogP contribution in [0.1, 0.15) is 18.9 Å². The minimum atomic E-state index is -0.200. The van der Waals surface area contributed by atoms with Gasteiger partial charge < -0.3 is 5.73 Å². The van der Waals surface area contributed by atoms with E-state index >= 15 is 0 Å². The molecule has 0 fully saturated rings. The van der Waals surface area contributed by atoms with Gasteiger partial charge in [0.1, 0.15) is 5.82 Å². The molecule has 1 rings (SSSR count). The number of hydrogen-bond acceptors (Lipinski definition) is 2. The standard InChI is InChI=1S/C12H16BrFN2S/c1-8(5-12(15)17)16(2)7-9-3-4-10(13)6-11(9)14/h3-4,6,8H,5,7H2,1-2H3,(H2,15,17). The SMILES string of the molecule is CC(CC(N)=S)N(C)Cc1ccc(Br)cc1F. The Morgan fingerprint density at radius 3 is 2.76 bits per heavy atom. The number of rotatable bonds is 5. The number of thiocarbonyl (C=S) groups is 1. The number of halogens is 2. The van der Waals surface area contributed by atoms with Crippen LogP contribution < -0.4 is 5.73 Å². The van der Waals surface area contributed by atoms with Gasteiger partial charge in [-0.05, 0) is 26.1 Å². The van der Waals surface area contributed by atoms with E-state index in [0.717, 1.165) is 4.47 Å². The molecule has 0 aliphatic carbocycles. The van der Waals surface area contributed by atoms with Crippen molar-refractivity contribution in [1.82, 2.24) is 4.90 Å². The third-order valence-electron chi connectivity index (χ3n) is 2.68. The first-order valence-corrected chi connectivity index (χ1v) is 6.52. The fraction of sp³-hybridized carbons (Fsp3) is 0.417. The molecule has 0 amide bonds. The van der Waals surface area contributed by atoms with Crippen molar-refractivity contribution in [2.24, 2.45) is 5.73 Å². The second-order valence-electron chi connectivity index (χ2n) is 4.17. The van der Waals surface area contributed by atoms with Crippen LogP contribution in [-0.4, -0.2) is 23.0 Å². The van der Waals surface area contributed by atoms with Crippen molar-refractivity contribution in [1.29, 1.82) is 0 Å². The molecule has 0 saturated carbocycles.